The van der Waals surface area contributed by atoms with E-state index in [1.165, 1.54) is 12.1 Å². The van der Waals surface area contributed by atoms with Crippen molar-refractivity contribution in [2.24, 2.45) is 5.73 Å². The van der Waals surface area contributed by atoms with Crippen LogP contribution in [0.3, 0.4) is 0 Å². The molecule has 60 valence electrons. The van der Waals surface area contributed by atoms with Gasteiger partial charge in [0.2, 0.25) is 0 Å². The van der Waals surface area contributed by atoms with E-state index < -0.39 is 5.82 Å². The molecule has 0 spiro atoms. The molecule has 0 atom stereocenters. The van der Waals surface area contributed by atoms with Crippen LogP contribution in [0.2, 0.25) is 0 Å². The van der Waals surface area contributed by atoms with E-state index >= 15 is 0 Å². The molecular formula is C8H10FNO. The topological polar surface area (TPSA) is 46.2 Å². The summed E-state index contributed by atoms with van der Waals surface area (Å²) >= 11 is 0. The van der Waals surface area contributed by atoms with Crippen LogP contribution in [0.5, 0.6) is 5.75 Å². The maximum Gasteiger partial charge on any atom is 0.164 e. The average Bonchev–Trinajstić information content (AvgIpc) is 1.98. The summed E-state index contributed by atoms with van der Waals surface area (Å²) in [6.07, 6.45) is 0.661. The lowest BCUT2D eigenvalue weighted by Gasteiger charge is -1.99. The number of phenolic OH excluding ortho intramolecular Hbond substituents is 1. The lowest BCUT2D eigenvalue weighted by Crippen LogP contribution is -2.02. The van der Waals surface area contributed by atoms with E-state index in [0.717, 1.165) is 5.56 Å². The fraction of sp³-hybridized carbons (Fsp3) is 0.250. The van der Waals surface area contributed by atoms with Crippen molar-refractivity contribution in [1.82, 2.24) is 0 Å². The Hall–Kier alpha value is -1.09. The highest BCUT2D eigenvalue weighted by atomic mass is 19.1. The molecule has 0 bridgehead atoms. The zero-order chi connectivity index (χ0) is 8.27. The molecule has 3 heteroatoms. The molecule has 2 nitrogen and oxygen atoms in total. The van der Waals surface area contributed by atoms with E-state index in [9.17, 15) is 4.39 Å². The van der Waals surface area contributed by atoms with E-state index in [0.29, 0.717) is 13.0 Å². The Kier molecular flexibility index (Phi) is 2.44. The van der Waals surface area contributed by atoms with Crippen LogP contribution in [0.25, 0.3) is 0 Å². The Morgan fingerprint density at radius 1 is 1.45 bits per heavy atom. The van der Waals surface area contributed by atoms with Crippen LogP contribution in [0.15, 0.2) is 18.2 Å². The quantitative estimate of drug-likeness (QED) is 0.670. The normalized spacial score (nSPS) is 10.0. The van der Waals surface area contributed by atoms with Gasteiger partial charge in [-0.2, -0.15) is 0 Å². The number of nitrogens with two attached hydrogens (primary N) is 1. The van der Waals surface area contributed by atoms with Crippen LogP contribution in [0.4, 0.5) is 4.39 Å². The van der Waals surface area contributed by atoms with Gasteiger partial charge in [-0.3, -0.25) is 0 Å². The van der Waals surface area contributed by atoms with Gasteiger partial charge in [-0.1, -0.05) is 6.07 Å². The molecule has 1 rings (SSSR count). The van der Waals surface area contributed by atoms with Gasteiger partial charge in [0.15, 0.2) is 11.6 Å². The minimum absolute atomic E-state index is 0.309. The summed E-state index contributed by atoms with van der Waals surface area (Å²) in [6.45, 7) is 0.505. The van der Waals surface area contributed by atoms with Crippen molar-refractivity contribution >= 4 is 0 Å². The molecule has 0 aliphatic rings. The lowest BCUT2D eigenvalue weighted by molar-refractivity contribution is 0.431. The summed E-state index contributed by atoms with van der Waals surface area (Å²) in [5, 5.41) is 8.91. The molecule has 0 aromatic heterocycles. The zero-order valence-corrected chi connectivity index (χ0v) is 6.05. The molecule has 0 fully saturated rings. The first-order valence-electron chi connectivity index (χ1n) is 3.41. The predicted molar refractivity (Wildman–Crippen MR) is 40.8 cm³/mol. The van der Waals surface area contributed by atoms with Crippen LogP contribution in [-0.4, -0.2) is 11.7 Å². The van der Waals surface area contributed by atoms with Crippen molar-refractivity contribution in [2.75, 3.05) is 6.54 Å². The first kappa shape index (κ1) is 8.01. The molecule has 3 N–H and O–H groups in total. The molecule has 0 saturated heterocycles. The molecule has 0 saturated carbocycles. The van der Waals surface area contributed by atoms with E-state index in [4.69, 9.17) is 10.8 Å². The van der Waals surface area contributed by atoms with E-state index in [1.54, 1.807) is 6.07 Å². The van der Waals surface area contributed by atoms with Gasteiger partial charge in [0.05, 0.1) is 0 Å². The number of benzene rings is 1. The summed E-state index contributed by atoms with van der Waals surface area (Å²) in [4.78, 5) is 0. The lowest BCUT2D eigenvalue weighted by atomic mass is 10.1. The number of aromatic hydroxyl groups is 1. The highest BCUT2D eigenvalue weighted by Crippen LogP contribution is 2.16. The average molecular weight is 155 g/mol. The fourth-order valence-electron chi connectivity index (χ4n) is 0.880. The second-order valence-electron chi connectivity index (χ2n) is 2.32. The summed E-state index contributed by atoms with van der Waals surface area (Å²) < 4.78 is 12.5. The molecule has 0 aliphatic carbocycles. The third-order valence-electron chi connectivity index (χ3n) is 1.44. The van der Waals surface area contributed by atoms with Crippen LogP contribution < -0.4 is 5.73 Å². The fourth-order valence-corrected chi connectivity index (χ4v) is 0.880. The Labute approximate surface area is 64.5 Å². The molecule has 0 heterocycles. The molecular weight excluding hydrogens is 145 g/mol. The second kappa shape index (κ2) is 3.34. The minimum Gasteiger partial charge on any atom is -0.505 e. The Morgan fingerprint density at radius 2 is 2.18 bits per heavy atom. The Morgan fingerprint density at radius 3 is 2.73 bits per heavy atom. The summed E-state index contributed by atoms with van der Waals surface area (Å²) in [7, 11) is 0. The van der Waals surface area contributed by atoms with E-state index in [-0.39, 0.29) is 5.75 Å². The predicted octanol–water partition coefficient (Wildman–Crippen LogP) is 1.03. The Balaban J connectivity index is 2.86. The smallest absolute Gasteiger partial charge is 0.164 e. The zero-order valence-electron chi connectivity index (χ0n) is 6.05. The van der Waals surface area contributed by atoms with Crippen molar-refractivity contribution < 1.29 is 9.50 Å². The number of rotatable bonds is 2. The maximum absolute atomic E-state index is 12.5. The monoisotopic (exact) mass is 155 g/mol. The summed E-state index contributed by atoms with van der Waals surface area (Å²) in [6, 6.07) is 4.24. The second-order valence-corrected chi connectivity index (χ2v) is 2.32. The maximum atomic E-state index is 12.5. The van der Waals surface area contributed by atoms with Gasteiger partial charge in [0.1, 0.15) is 0 Å². The third kappa shape index (κ3) is 1.91. The molecule has 11 heavy (non-hydrogen) atoms. The standard InChI is InChI=1S/C8H10FNO/c9-7-2-1-6(3-4-10)5-8(7)11/h1-2,5,11H,3-4,10H2. The van der Waals surface area contributed by atoms with Crippen molar-refractivity contribution in [2.45, 2.75) is 6.42 Å². The van der Waals surface area contributed by atoms with Gasteiger partial charge in [0, 0.05) is 0 Å². The molecule has 0 aliphatic heterocycles. The van der Waals surface area contributed by atoms with Crippen molar-refractivity contribution in [3.63, 3.8) is 0 Å². The molecule has 0 amide bonds. The van der Waals surface area contributed by atoms with Gasteiger partial charge in [-0.05, 0) is 30.7 Å². The largest absolute Gasteiger partial charge is 0.505 e. The van der Waals surface area contributed by atoms with Crippen LogP contribution in [0.1, 0.15) is 5.56 Å². The van der Waals surface area contributed by atoms with Crippen molar-refractivity contribution in [3.8, 4) is 5.75 Å². The third-order valence-corrected chi connectivity index (χ3v) is 1.44. The van der Waals surface area contributed by atoms with Crippen LogP contribution in [0, 0.1) is 5.82 Å². The van der Waals surface area contributed by atoms with Gasteiger partial charge < -0.3 is 10.8 Å². The van der Waals surface area contributed by atoms with E-state index in [2.05, 4.69) is 0 Å². The van der Waals surface area contributed by atoms with Crippen LogP contribution in [-0.2, 0) is 6.42 Å². The number of halogens is 1. The molecule has 1 aromatic rings. The van der Waals surface area contributed by atoms with E-state index in [1.807, 2.05) is 0 Å². The minimum atomic E-state index is -0.592. The molecule has 0 radical (unpaired) electrons. The van der Waals surface area contributed by atoms with Crippen molar-refractivity contribution in [1.29, 1.82) is 0 Å². The number of phenols is 1. The van der Waals surface area contributed by atoms with Gasteiger partial charge in [0.25, 0.3) is 0 Å². The first-order valence-corrected chi connectivity index (χ1v) is 3.41. The first-order chi connectivity index (χ1) is 5.24. The summed E-state index contributed by atoms with van der Waals surface area (Å²) in [5.41, 5.74) is 6.13. The number of hydrogen-bond acceptors (Lipinski definition) is 2. The van der Waals surface area contributed by atoms with Gasteiger partial charge >= 0.3 is 0 Å². The molecule has 1 aromatic carbocycles. The SMILES string of the molecule is NCCc1ccc(F)c(O)c1. The highest BCUT2D eigenvalue weighted by molar-refractivity contribution is 5.29. The van der Waals surface area contributed by atoms with Gasteiger partial charge in [-0.25, -0.2) is 4.39 Å². The van der Waals surface area contributed by atoms with Crippen LogP contribution >= 0.6 is 0 Å². The summed E-state index contributed by atoms with van der Waals surface area (Å²) in [5.74, 6) is -0.901. The van der Waals surface area contributed by atoms with Gasteiger partial charge in [-0.15, -0.1) is 0 Å². The Bertz CT molecular complexity index is 250. The van der Waals surface area contributed by atoms with Crippen molar-refractivity contribution in [3.05, 3.63) is 29.6 Å². The highest BCUT2D eigenvalue weighted by Gasteiger charge is 1.99. The number of hydrogen-bond donors (Lipinski definition) is 2. The molecule has 0 unspecified atom stereocenters.